The second-order valence-electron chi connectivity index (χ2n) is 5.35. The summed E-state index contributed by atoms with van der Waals surface area (Å²) in [7, 11) is 0. The second-order valence-corrected chi connectivity index (χ2v) is 5.35. The highest BCUT2D eigenvalue weighted by Gasteiger charge is 2.31. The molecule has 0 saturated carbocycles. The van der Waals surface area contributed by atoms with Crippen molar-refractivity contribution in [1.82, 2.24) is 14.7 Å². The van der Waals surface area contributed by atoms with Gasteiger partial charge in [0.05, 0.1) is 11.1 Å². The number of carbonyl (C=O) groups excluding carboxylic acids is 1. The van der Waals surface area contributed by atoms with Crippen LogP contribution in [0, 0.1) is 11.6 Å². The molecule has 146 valence electrons. The number of pyridine rings is 1. The fraction of sp³-hybridized carbons (Fsp3) is 0.125. The van der Waals surface area contributed by atoms with E-state index in [2.05, 4.69) is 14.7 Å². The maximum Gasteiger partial charge on any atom is 0.444 e. The molecule has 0 amide bonds. The van der Waals surface area contributed by atoms with Crippen LogP contribution >= 0.6 is 0 Å². The molecule has 0 radical (unpaired) electrons. The lowest BCUT2D eigenvalue weighted by atomic mass is 10.2. The summed E-state index contributed by atoms with van der Waals surface area (Å²) in [6.07, 6.45) is -3.82. The zero-order valence-electron chi connectivity index (χ0n) is 13.5. The Hall–Kier alpha value is -3.57. The van der Waals surface area contributed by atoms with E-state index in [1.807, 2.05) is 0 Å². The van der Waals surface area contributed by atoms with Crippen LogP contribution in [0.4, 0.5) is 22.0 Å². The normalized spacial score (nSPS) is 11.5. The summed E-state index contributed by atoms with van der Waals surface area (Å²) in [5.41, 5.74) is -1.89. The number of ether oxygens (including phenoxy) is 1. The summed E-state index contributed by atoms with van der Waals surface area (Å²) in [6.45, 7) is -0.841. The number of alkyl halides is 3. The molecule has 0 spiro atoms. The van der Waals surface area contributed by atoms with Crippen molar-refractivity contribution in [3.63, 3.8) is 0 Å². The van der Waals surface area contributed by atoms with Crippen molar-refractivity contribution in [2.24, 2.45) is 0 Å². The number of halogens is 5. The van der Waals surface area contributed by atoms with Crippen LogP contribution in [0.15, 0.2) is 45.8 Å². The van der Waals surface area contributed by atoms with E-state index in [9.17, 15) is 31.5 Å². The van der Waals surface area contributed by atoms with Crippen molar-refractivity contribution < 1.29 is 36.0 Å². The van der Waals surface area contributed by atoms with Gasteiger partial charge < -0.3 is 4.74 Å². The van der Waals surface area contributed by atoms with Crippen LogP contribution in [0.2, 0.25) is 0 Å². The van der Waals surface area contributed by atoms with Crippen LogP contribution in [0.25, 0.3) is 11.5 Å². The minimum Gasteiger partial charge on any atom is -0.440 e. The molecule has 0 bridgehead atoms. The summed E-state index contributed by atoms with van der Waals surface area (Å²) >= 11 is 0. The third kappa shape index (κ3) is 4.05. The van der Waals surface area contributed by atoms with Gasteiger partial charge in [-0.1, -0.05) is 5.16 Å². The lowest BCUT2D eigenvalue weighted by Crippen LogP contribution is -2.20. The Balaban J connectivity index is 1.86. The first kappa shape index (κ1) is 19.2. The summed E-state index contributed by atoms with van der Waals surface area (Å²) in [4.78, 5) is 27.3. The van der Waals surface area contributed by atoms with Crippen molar-refractivity contribution in [2.75, 3.05) is 0 Å². The molecular formula is C16H8F5N3O4. The molecule has 7 nitrogen and oxygen atoms in total. The molecule has 0 fully saturated rings. The second kappa shape index (κ2) is 7.21. The van der Waals surface area contributed by atoms with Gasteiger partial charge in [0.2, 0.25) is 5.82 Å². The number of carbonyl (C=O) groups is 1. The lowest BCUT2D eigenvalue weighted by molar-refractivity contribution is -0.137. The zero-order valence-corrected chi connectivity index (χ0v) is 13.5. The molecule has 0 aliphatic rings. The van der Waals surface area contributed by atoms with Crippen molar-refractivity contribution in [2.45, 2.75) is 12.9 Å². The van der Waals surface area contributed by atoms with Crippen LogP contribution in [0.1, 0.15) is 15.9 Å². The van der Waals surface area contributed by atoms with Gasteiger partial charge in [-0.15, -0.1) is 0 Å². The summed E-state index contributed by atoms with van der Waals surface area (Å²) in [6, 6.07) is 3.29. The van der Waals surface area contributed by atoms with E-state index < -0.39 is 53.2 Å². The van der Waals surface area contributed by atoms with Gasteiger partial charge in [-0.05, 0) is 24.3 Å². The molecular weight excluding hydrogens is 393 g/mol. The Morgan fingerprint density at radius 1 is 1.14 bits per heavy atom. The van der Waals surface area contributed by atoms with E-state index in [-0.39, 0.29) is 5.69 Å². The largest absolute Gasteiger partial charge is 0.444 e. The van der Waals surface area contributed by atoms with E-state index in [1.54, 1.807) is 0 Å². The molecule has 3 rings (SSSR count). The summed E-state index contributed by atoms with van der Waals surface area (Å²) in [5.74, 6) is -4.82. The SMILES string of the molecule is O=C(OCn1c(-c2cc(C(F)(F)F)ccn2)noc1=O)c1cc(F)cc(F)c1. The Labute approximate surface area is 152 Å². The van der Waals surface area contributed by atoms with E-state index in [0.717, 1.165) is 6.20 Å². The molecule has 2 heterocycles. The first-order valence-electron chi connectivity index (χ1n) is 7.38. The van der Waals surface area contributed by atoms with Crippen molar-refractivity contribution in [3.8, 4) is 11.5 Å². The Bertz CT molecular complexity index is 1070. The van der Waals surface area contributed by atoms with Crippen molar-refractivity contribution >= 4 is 5.97 Å². The minimum atomic E-state index is -4.67. The van der Waals surface area contributed by atoms with Crippen LogP contribution in [-0.4, -0.2) is 20.7 Å². The van der Waals surface area contributed by atoms with Crippen LogP contribution < -0.4 is 5.76 Å². The third-order valence-corrected chi connectivity index (χ3v) is 3.43. The van der Waals surface area contributed by atoms with Gasteiger partial charge in [-0.2, -0.15) is 13.2 Å². The number of esters is 1. The van der Waals surface area contributed by atoms with Crippen LogP contribution in [0.3, 0.4) is 0 Å². The van der Waals surface area contributed by atoms with E-state index in [4.69, 9.17) is 4.74 Å². The number of aromatic nitrogens is 3. The average Bonchev–Trinajstić information content (AvgIpc) is 2.99. The van der Waals surface area contributed by atoms with Crippen LogP contribution in [-0.2, 0) is 17.6 Å². The molecule has 0 aliphatic carbocycles. The Morgan fingerprint density at radius 3 is 2.46 bits per heavy atom. The molecule has 0 unspecified atom stereocenters. The van der Waals surface area contributed by atoms with Gasteiger partial charge in [0, 0.05) is 12.3 Å². The standard InChI is InChI=1S/C16H8F5N3O4/c17-10-3-8(4-11(18)6-10)14(25)27-7-24-13(23-28-15(24)26)12-5-9(1-2-22-12)16(19,20)21/h1-6H,7H2. The predicted molar refractivity (Wildman–Crippen MR) is 80.8 cm³/mol. The quantitative estimate of drug-likeness (QED) is 0.494. The number of rotatable bonds is 4. The van der Waals surface area contributed by atoms with Gasteiger partial charge in [0.15, 0.2) is 6.73 Å². The molecule has 28 heavy (non-hydrogen) atoms. The van der Waals surface area contributed by atoms with Gasteiger partial charge in [-0.25, -0.2) is 22.9 Å². The highest BCUT2D eigenvalue weighted by atomic mass is 19.4. The minimum absolute atomic E-state index is 0.367. The molecule has 2 aromatic heterocycles. The van der Waals surface area contributed by atoms with Gasteiger partial charge >= 0.3 is 17.9 Å². The van der Waals surface area contributed by atoms with E-state index >= 15 is 0 Å². The van der Waals surface area contributed by atoms with Crippen molar-refractivity contribution in [3.05, 3.63) is 69.8 Å². The first-order valence-corrected chi connectivity index (χ1v) is 7.38. The number of hydrogen-bond donors (Lipinski definition) is 0. The monoisotopic (exact) mass is 401 g/mol. The Kier molecular flexibility index (Phi) is 4.94. The Morgan fingerprint density at radius 2 is 1.82 bits per heavy atom. The average molecular weight is 401 g/mol. The first-order chi connectivity index (χ1) is 13.1. The van der Waals surface area contributed by atoms with Gasteiger partial charge in [0.1, 0.15) is 17.3 Å². The number of benzene rings is 1. The highest BCUT2D eigenvalue weighted by Crippen LogP contribution is 2.30. The molecule has 0 aliphatic heterocycles. The summed E-state index contributed by atoms with van der Waals surface area (Å²) in [5, 5.41) is 3.32. The maximum absolute atomic E-state index is 13.2. The molecule has 0 atom stereocenters. The smallest absolute Gasteiger partial charge is 0.440 e. The zero-order chi connectivity index (χ0) is 20.5. The van der Waals surface area contributed by atoms with E-state index in [1.165, 1.54) is 0 Å². The van der Waals surface area contributed by atoms with Gasteiger partial charge in [0.25, 0.3) is 0 Å². The molecule has 3 aromatic rings. The summed E-state index contributed by atoms with van der Waals surface area (Å²) < 4.78 is 74.5. The molecule has 1 aromatic carbocycles. The number of nitrogens with zero attached hydrogens (tertiary/aromatic N) is 3. The van der Waals surface area contributed by atoms with Crippen LogP contribution in [0.5, 0.6) is 0 Å². The fourth-order valence-electron chi connectivity index (χ4n) is 2.17. The fourth-order valence-corrected chi connectivity index (χ4v) is 2.17. The topological polar surface area (TPSA) is 87.2 Å². The molecule has 0 saturated heterocycles. The predicted octanol–water partition coefficient (Wildman–Crippen LogP) is 3.01. The molecule has 12 heteroatoms. The maximum atomic E-state index is 13.2. The highest BCUT2D eigenvalue weighted by molar-refractivity contribution is 5.89. The molecule has 0 N–H and O–H groups in total. The third-order valence-electron chi connectivity index (χ3n) is 3.43. The van der Waals surface area contributed by atoms with Gasteiger partial charge in [-0.3, -0.25) is 9.51 Å². The number of hydrogen-bond acceptors (Lipinski definition) is 6. The van der Waals surface area contributed by atoms with E-state index in [0.29, 0.717) is 34.9 Å². The van der Waals surface area contributed by atoms with Crippen molar-refractivity contribution in [1.29, 1.82) is 0 Å². The lowest BCUT2D eigenvalue weighted by Gasteiger charge is -2.09.